The van der Waals surface area contributed by atoms with Gasteiger partial charge in [-0.15, -0.1) is 10.8 Å². The molecule has 0 aliphatic carbocycles. The van der Waals surface area contributed by atoms with Gasteiger partial charge in [0.15, 0.2) is 0 Å². The van der Waals surface area contributed by atoms with Gasteiger partial charge in [-0.1, -0.05) is 44.2 Å². The quantitative estimate of drug-likeness (QED) is 0.276. The van der Waals surface area contributed by atoms with Crippen LogP contribution in [-0.2, 0) is 6.42 Å². The number of benzene rings is 2. The van der Waals surface area contributed by atoms with Crippen molar-refractivity contribution in [2.45, 2.75) is 51.8 Å². The predicted molar refractivity (Wildman–Crippen MR) is 153 cm³/mol. The molecule has 0 bridgehead atoms. The molecule has 1 fully saturated rings. The van der Waals surface area contributed by atoms with Crippen LogP contribution in [0.4, 0.5) is 17.1 Å². The zero-order valence-corrected chi connectivity index (χ0v) is 22.8. The zero-order valence-electron chi connectivity index (χ0n) is 22.0. The Bertz CT molecular complexity index is 1070. The molecule has 37 heavy (non-hydrogen) atoms. The minimum Gasteiger partial charge on any atom is -0.390 e. The van der Waals surface area contributed by atoms with E-state index in [1.54, 1.807) is 10.4 Å². The van der Waals surface area contributed by atoms with Gasteiger partial charge in [0.1, 0.15) is 0 Å². The summed E-state index contributed by atoms with van der Waals surface area (Å²) in [6.45, 7) is 9.27. The fraction of sp³-hybridized carbons (Fsp3) is 0.519. The summed E-state index contributed by atoms with van der Waals surface area (Å²) in [6.07, 6.45) is 0.378. The number of amides is 1. The number of anilines is 3. The van der Waals surface area contributed by atoms with Crippen LogP contribution in [0.5, 0.6) is 0 Å². The Kier molecular flexibility index (Phi) is 8.86. The Labute approximate surface area is 221 Å². The summed E-state index contributed by atoms with van der Waals surface area (Å²) < 4.78 is 23.1. The van der Waals surface area contributed by atoms with Crippen LogP contribution in [0.25, 0.3) is 0 Å². The number of nitrogens with one attached hydrogen (secondary N) is 3. The average molecular weight is 532 g/mol. The smallest absolute Gasteiger partial charge is 0.251 e. The minimum atomic E-state index is -2.94. The number of nitrogens with zero attached hydrogens (tertiary/aromatic N) is 2. The van der Waals surface area contributed by atoms with Crippen LogP contribution in [0.3, 0.4) is 0 Å². The molecule has 9 nitrogen and oxygen atoms in total. The van der Waals surface area contributed by atoms with E-state index in [2.05, 4.69) is 27.8 Å². The van der Waals surface area contributed by atoms with Gasteiger partial charge in [0.2, 0.25) is 0 Å². The van der Waals surface area contributed by atoms with Crippen LogP contribution >= 0.6 is 10.8 Å². The highest BCUT2D eigenvalue weighted by Gasteiger charge is 2.34. The lowest BCUT2D eigenvalue weighted by molar-refractivity contribution is 0.0827. The molecule has 0 spiro atoms. The summed E-state index contributed by atoms with van der Waals surface area (Å²) in [5, 5.41) is 20.8. The van der Waals surface area contributed by atoms with Crippen LogP contribution in [0.1, 0.15) is 43.1 Å². The van der Waals surface area contributed by atoms with E-state index in [-0.39, 0.29) is 11.9 Å². The first kappa shape index (κ1) is 27.5. The van der Waals surface area contributed by atoms with Gasteiger partial charge < -0.3 is 26.0 Å². The normalized spacial score (nSPS) is 19.2. The van der Waals surface area contributed by atoms with Crippen molar-refractivity contribution in [2.75, 3.05) is 53.0 Å². The SMILES string of the molecule is CCN1CCNc2c1cc(C(=O)N[C@@H](Cc1ccccc1)[C@H](O)CNC(C)C)cc2N1CCCS1(O)O. The van der Waals surface area contributed by atoms with E-state index < -0.39 is 22.9 Å². The number of aliphatic hydroxyl groups is 1. The fourth-order valence-electron chi connectivity index (χ4n) is 4.97. The highest BCUT2D eigenvalue weighted by atomic mass is 32.3. The van der Waals surface area contributed by atoms with Crippen molar-refractivity contribution >= 4 is 33.7 Å². The molecule has 204 valence electrons. The maximum atomic E-state index is 13.7. The summed E-state index contributed by atoms with van der Waals surface area (Å²) in [5.74, 6) is 0.0232. The van der Waals surface area contributed by atoms with Crippen LogP contribution in [0, 0.1) is 0 Å². The topological polar surface area (TPSA) is 120 Å². The molecule has 2 atom stereocenters. The minimum absolute atomic E-state index is 0.207. The first-order valence-corrected chi connectivity index (χ1v) is 14.8. The van der Waals surface area contributed by atoms with E-state index in [1.807, 2.05) is 50.2 Å². The van der Waals surface area contributed by atoms with Gasteiger partial charge >= 0.3 is 0 Å². The van der Waals surface area contributed by atoms with Gasteiger partial charge in [0, 0.05) is 44.3 Å². The molecular formula is C27H41N5O4S. The van der Waals surface area contributed by atoms with E-state index in [0.717, 1.165) is 36.6 Å². The van der Waals surface area contributed by atoms with E-state index in [0.29, 0.717) is 42.9 Å². The van der Waals surface area contributed by atoms with Gasteiger partial charge in [-0.2, -0.15) is 0 Å². The molecule has 0 radical (unpaired) electrons. The fourth-order valence-corrected chi connectivity index (χ4v) is 6.59. The molecule has 0 saturated carbocycles. The molecule has 6 N–H and O–H groups in total. The number of fused-ring (bicyclic) bond motifs is 1. The number of hydrogen-bond donors (Lipinski definition) is 6. The molecule has 2 aliphatic heterocycles. The third kappa shape index (κ3) is 6.50. The Morgan fingerprint density at radius 1 is 1.14 bits per heavy atom. The molecule has 4 rings (SSSR count). The van der Waals surface area contributed by atoms with Crippen molar-refractivity contribution in [2.24, 2.45) is 0 Å². The van der Waals surface area contributed by atoms with Crippen LogP contribution in [0.2, 0.25) is 0 Å². The maximum Gasteiger partial charge on any atom is 0.251 e. The van der Waals surface area contributed by atoms with Crippen LogP contribution in [0.15, 0.2) is 42.5 Å². The number of rotatable bonds is 10. The monoisotopic (exact) mass is 531 g/mol. The van der Waals surface area contributed by atoms with Crippen molar-refractivity contribution in [1.29, 1.82) is 0 Å². The van der Waals surface area contributed by atoms with E-state index in [9.17, 15) is 19.0 Å². The second kappa shape index (κ2) is 11.9. The highest BCUT2D eigenvalue weighted by Crippen LogP contribution is 2.54. The van der Waals surface area contributed by atoms with Crippen molar-refractivity contribution in [1.82, 2.24) is 10.6 Å². The summed E-state index contributed by atoms with van der Waals surface area (Å²) in [6, 6.07) is 13.1. The molecule has 0 aromatic heterocycles. The van der Waals surface area contributed by atoms with E-state index >= 15 is 0 Å². The number of aliphatic hydroxyl groups excluding tert-OH is 1. The zero-order chi connectivity index (χ0) is 26.6. The van der Waals surface area contributed by atoms with Gasteiger partial charge in [-0.05, 0) is 37.5 Å². The highest BCUT2D eigenvalue weighted by molar-refractivity contribution is 8.25. The first-order valence-electron chi connectivity index (χ1n) is 13.2. The maximum absolute atomic E-state index is 13.7. The Balaban J connectivity index is 1.66. The largest absolute Gasteiger partial charge is 0.390 e. The summed E-state index contributed by atoms with van der Waals surface area (Å²) in [5.41, 5.74) is 3.79. The molecule has 2 heterocycles. The summed E-state index contributed by atoms with van der Waals surface area (Å²) in [4.78, 5) is 15.9. The second-order valence-corrected chi connectivity index (χ2v) is 12.2. The average Bonchev–Trinajstić information content (AvgIpc) is 3.24. The Hall–Kier alpha value is -2.50. The number of likely N-dealkylation sites (N-methyl/N-ethyl adjacent to an activating group) is 1. The summed E-state index contributed by atoms with van der Waals surface area (Å²) in [7, 11) is -2.94. The van der Waals surface area contributed by atoms with E-state index in [4.69, 9.17) is 0 Å². The number of carbonyl (C=O) groups is 1. The van der Waals surface area contributed by atoms with Gasteiger partial charge in [-0.25, -0.2) is 0 Å². The number of carbonyl (C=O) groups excluding carboxylic acids is 1. The molecule has 1 saturated heterocycles. The molecular weight excluding hydrogens is 490 g/mol. The van der Waals surface area contributed by atoms with Gasteiger partial charge in [0.05, 0.1) is 35.0 Å². The van der Waals surface area contributed by atoms with Crippen molar-refractivity contribution in [3.05, 3.63) is 53.6 Å². The Morgan fingerprint density at radius 2 is 1.86 bits per heavy atom. The van der Waals surface area contributed by atoms with Gasteiger partial charge in [0.25, 0.3) is 5.91 Å². The van der Waals surface area contributed by atoms with Crippen molar-refractivity contribution < 1.29 is 19.0 Å². The lowest BCUT2D eigenvalue weighted by atomic mass is 9.99. The molecule has 2 aromatic carbocycles. The summed E-state index contributed by atoms with van der Waals surface area (Å²) >= 11 is 0. The molecule has 10 heteroatoms. The third-order valence-electron chi connectivity index (χ3n) is 6.98. The van der Waals surface area contributed by atoms with Crippen LogP contribution in [-0.4, -0.2) is 76.8 Å². The third-order valence-corrected chi connectivity index (χ3v) is 8.90. The van der Waals surface area contributed by atoms with Crippen LogP contribution < -0.4 is 25.2 Å². The molecule has 2 aliphatic rings. The molecule has 2 aromatic rings. The predicted octanol–water partition coefficient (Wildman–Crippen LogP) is 3.51. The molecule has 1 amide bonds. The van der Waals surface area contributed by atoms with Gasteiger partial charge in [-0.3, -0.25) is 18.2 Å². The lowest BCUT2D eigenvalue weighted by Crippen LogP contribution is -2.49. The second-order valence-electron chi connectivity index (χ2n) is 10.1. The first-order chi connectivity index (χ1) is 17.7. The van der Waals surface area contributed by atoms with E-state index in [1.165, 1.54) is 0 Å². The van der Waals surface area contributed by atoms with Crippen molar-refractivity contribution in [3.8, 4) is 0 Å². The standard InChI is InChI=1S/C27H41N5O4S/c1-4-31-13-11-28-26-23(31)16-21(17-24(26)32-12-8-14-37(32,35)36)27(34)30-22(25(33)18-29-19(2)3)15-20-9-6-5-7-10-20/h5-7,9-10,16-17,19,22,25,28-29,33,35-36H,4,8,11-15,18H2,1-3H3,(H,30,34)/t22-,25+/m0/s1. The number of hydrogen-bond acceptors (Lipinski definition) is 8. The Morgan fingerprint density at radius 3 is 2.51 bits per heavy atom. The lowest BCUT2D eigenvalue weighted by Gasteiger charge is -2.41. The van der Waals surface area contributed by atoms with Crippen molar-refractivity contribution in [3.63, 3.8) is 0 Å². The molecule has 0 unspecified atom stereocenters.